The molecule has 3 N–H and O–H groups in total. The number of carbonyl (C=O) groups excluding carboxylic acids is 2. The highest BCUT2D eigenvalue weighted by molar-refractivity contribution is 7.13. The summed E-state index contributed by atoms with van der Waals surface area (Å²) in [4.78, 5) is 35.3. The number of nitrogens with one attached hydrogen (secondary N) is 1. The highest BCUT2D eigenvalue weighted by Crippen LogP contribution is 2.23. The Bertz CT molecular complexity index is 764. The maximum atomic E-state index is 12.8. The maximum Gasteiger partial charge on any atom is 0.228 e. The molecule has 2 aromatic heterocycles. The van der Waals surface area contributed by atoms with Crippen LogP contribution in [0.2, 0.25) is 0 Å². The Labute approximate surface area is 163 Å². The summed E-state index contributed by atoms with van der Waals surface area (Å²) in [5.41, 5.74) is 6.99. The fourth-order valence-electron chi connectivity index (χ4n) is 3.24. The Balaban J connectivity index is 1.60. The van der Waals surface area contributed by atoms with E-state index in [-0.39, 0.29) is 24.3 Å². The quantitative estimate of drug-likeness (QED) is 0.751. The van der Waals surface area contributed by atoms with Crippen molar-refractivity contribution in [2.45, 2.75) is 38.1 Å². The third kappa shape index (κ3) is 5.33. The van der Waals surface area contributed by atoms with Gasteiger partial charge in [0.05, 0.1) is 17.8 Å². The van der Waals surface area contributed by atoms with E-state index in [4.69, 9.17) is 5.73 Å². The van der Waals surface area contributed by atoms with Crippen molar-refractivity contribution < 1.29 is 9.59 Å². The zero-order valence-corrected chi connectivity index (χ0v) is 16.1. The van der Waals surface area contributed by atoms with E-state index in [2.05, 4.69) is 15.3 Å². The summed E-state index contributed by atoms with van der Waals surface area (Å²) in [5.74, 6) is 0.000575. The highest BCUT2D eigenvalue weighted by Gasteiger charge is 2.27. The van der Waals surface area contributed by atoms with Crippen LogP contribution in [0.15, 0.2) is 29.8 Å². The van der Waals surface area contributed by atoms with E-state index >= 15 is 0 Å². The van der Waals surface area contributed by atoms with Gasteiger partial charge in [-0.2, -0.15) is 0 Å². The van der Waals surface area contributed by atoms with Crippen molar-refractivity contribution >= 4 is 23.2 Å². The number of aromatic nitrogens is 2. The molecule has 2 aromatic rings. The van der Waals surface area contributed by atoms with Gasteiger partial charge in [0.15, 0.2) is 0 Å². The third-order valence-corrected chi connectivity index (χ3v) is 5.54. The minimum atomic E-state index is -0.0602. The minimum Gasteiger partial charge on any atom is -0.354 e. The molecular formula is C19H25N5O2S. The van der Waals surface area contributed by atoms with Crippen LogP contribution in [0.25, 0.3) is 10.7 Å². The predicted octanol–water partition coefficient (Wildman–Crippen LogP) is 1.59. The largest absolute Gasteiger partial charge is 0.354 e. The lowest BCUT2D eigenvalue weighted by Gasteiger charge is -2.36. The molecule has 8 heteroatoms. The second-order valence-electron chi connectivity index (χ2n) is 6.62. The first-order valence-electron chi connectivity index (χ1n) is 9.29. The van der Waals surface area contributed by atoms with Gasteiger partial charge >= 0.3 is 0 Å². The number of thiazole rings is 1. The molecule has 3 rings (SSSR count). The average Bonchev–Trinajstić information content (AvgIpc) is 3.16. The fourth-order valence-corrected chi connectivity index (χ4v) is 4.04. The Kier molecular flexibility index (Phi) is 6.89. The summed E-state index contributed by atoms with van der Waals surface area (Å²) in [6.45, 7) is 1.55. The molecule has 27 heavy (non-hydrogen) atoms. The van der Waals surface area contributed by atoms with E-state index in [1.807, 2.05) is 28.5 Å². The number of nitrogens with zero attached hydrogens (tertiary/aromatic N) is 3. The Morgan fingerprint density at radius 1 is 1.33 bits per heavy atom. The normalized spacial score (nSPS) is 16.9. The summed E-state index contributed by atoms with van der Waals surface area (Å²) in [5, 5.41) is 5.64. The van der Waals surface area contributed by atoms with Crippen LogP contribution in [0.3, 0.4) is 0 Å². The Morgan fingerprint density at radius 2 is 2.22 bits per heavy atom. The van der Waals surface area contributed by atoms with Crippen molar-refractivity contribution in [3.8, 4) is 10.7 Å². The topological polar surface area (TPSA) is 101 Å². The van der Waals surface area contributed by atoms with Crippen molar-refractivity contribution in [1.82, 2.24) is 20.2 Å². The molecule has 0 bridgehead atoms. The monoisotopic (exact) mass is 387 g/mol. The third-order valence-electron chi connectivity index (χ3n) is 4.62. The molecule has 0 aromatic carbocycles. The lowest BCUT2D eigenvalue weighted by molar-refractivity contribution is -0.134. The number of pyridine rings is 1. The fraction of sp³-hybridized carbons (Fsp3) is 0.474. The van der Waals surface area contributed by atoms with Crippen molar-refractivity contribution in [3.05, 3.63) is 35.5 Å². The van der Waals surface area contributed by atoms with Crippen LogP contribution in [0.4, 0.5) is 0 Å². The average molecular weight is 388 g/mol. The summed E-state index contributed by atoms with van der Waals surface area (Å²) >= 11 is 1.50. The zero-order valence-electron chi connectivity index (χ0n) is 15.3. The molecule has 0 aliphatic carbocycles. The van der Waals surface area contributed by atoms with E-state index in [1.165, 1.54) is 11.3 Å². The SMILES string of the molecule is NCCC(=O)NCC1CCCCN1C(=O)Cc1csc(-c2ccccn2)n1. The van der Waals surface area contributed by atoms with Crippen molar-refractivity contribution in [1.29, 1.82) is 0 Å². The first-order chi connectivity index (χ1) is 13.2. The number of hydrogen-bond donors (Lipinski definition) is 2. The van der Waals surface area contributed by atoms with Crippen molar-refractivity contribution in [3.63, 3.8) is 0 Å². The first kappa shape index (κ1) is 19.4. The second kappa shape index (κ2) is 9.57. The number of piperidine rings is 1. The van der Waals surface area contributed by atoms with Crippen LogP contribution in [0.5, 0.6) is 0 Å². The molecule has 1 fully saturated rings. The van der Waals surface area contributed by atoms with Gasteiger partial charge in [0, 0.05) is 43.7 Å². The molecule has 1 aliphatic heterocycles. The lowest BCUT2D eigenvalue weighted by Crippen LogP contribution is -2.50. The number of nitrogens with two attached hydrogens (primary N) is 1. The van der Waals surface area contributed by atoms with Crippen molar-refractivity contribution in [2.75, 3.05) is 19.6 Å². The maximum absolute atomic E-state index is 12.8. The van der Waals surface area contributed by atoms with Crippen LogP contribution in [0, 0.1) is 0 Å². The molecule has 1 saturated heterocycles. The number of amides is 2. The highest BCUT2D eigenvalue weighted by atomic mass is 32.1. The molecule has 1 atom stereocenters. The zero-order chi connectivity index (χ0) is 19.1. The van der Waals surface area contributed by atoms with Crippen LogP contribution in [-0.4, -0.2) is 52.4 Å². The molecule has 0 spiro atoms. The Hall–Kier alpha value is -2.32. The van der Waals surface area contributed by atoms with Gasteiger partial charge in [-0.1, -0.05) is 6.07 Å². The van der Waals surface area contributed by atoms with E-state index in [1.54, 1.807) is 6.20 Å². The van der Waals surface area contributed by atoms with Gasteiger partial charge in [0.1, 0.15) is 5.01 Å². The van der Waals surface area contributed by atoms with Crippen LogP contribution >= 0.6 is 11.3 Å². The molecule has 2 amide bonds. The molecular weight excluding hydrogens is 362 g/mol. The van der Waals surface area contributed by atoms with E-state index in [0.29, 0.717) is 19.5 Å². The van der Waals surface area contributed by atoms with Gasteiger partial charge in [0.2, 0.25) is 11.8 Å². The van der Waals surface area contributed by atoms with Crippen LogP contribution in [0.1, 0.15) is 31.4 Å². The molecule has 0 saturated carbocycles. The smallest absolute Gasteiger partial charge is 0.228 e. The summed E-state index contributed by atoms with van der Waals surface area (Å²) in [7, 11) is 0. The molecule has 3 heterocycles. The minimum absolute atomic E-state index is 0.0434. The van der Waals surface area contributed by atoms with Crippen LogP contribution < -0.4 is 11.1 Å². The summed E-state index contributed by atoms with van der Waals surface area (Å²) in [6.07, 6.45) is 5.30. The summed E-state index contributed by atoms with van der Waals surface area (Å²) < 4.78 is 0. The van der Waals surface area contributed by atoms with Gasteiger partial charge in [-0.25, -0.2) is 4.98 Å². The molecule has 0 radical (unpaired) electrons. The lowest BCUT2D eigenvalue weighted by atomic mass is 10.0. The number of carbonyl (C=O) groups is 2. The summed E-state index contributed by atoms with van der Waals surface area (Å²) in [6, 6.07) is 5.74. The predicted molar refractivity (Wildman–Crippen MR) is 105 cm³/mol. The number of rotatable bonds is 7. The van der Waals surface area contributed by atoms with Crippen LogP contribution in [-0.2, 0) is 16.0 Å². The number of likely N-dealkylation sites (tertiary alicyclic amines) is 1. The van der Waals surface area contributed by atoms with E-state index < -0.39 is 0 Å². The standard InChI is InChI=1S/C19H25N5O2S/c20-8-7-17(25)22-12-15-5-2-4-10-24(15)18(26)11-14-13-27-19(23-14)16-6-1-3-9-21-16/h1,3,6,9,13,15H,2,4-5,7-8,10-12,20H2,(H,22,25). The van der Waals surface area contributed by atoms with Gasteiger partial charge in [-0.05, 0) is 31.4 Å². The van der Waals surface area contributed by atoms with Gasteiger partial charge in [-0.15, -0.1) is 11.3 Å². The van der Waals surface area contributed by atoms with Gasteiger partial charge < -0.3 is 16.0 Å². The first-order valence-corrected chi connectivity index (χ1v) is 10.2. The van der Waals surface area contributed by atoms with Gasteiger partial charge in [0.25, 0.3) is 0 Å². The molecule has 1 unspecified atom stereocenters. The number of hydrogen-bond acceptors (Lipinski definition) is 6. The molecule has 7 nitrogen and oxygen atoms in total. The second-order valence-corrected chi connectivity index (χ2v) is 7.47. The van der Waals surface area contributed by atoms with E-state index in [9.17, 15) is 9.59 Å². The molecule has 1 aliphatic rings. The Morgan fingerprint density at radius 3 is 3.00 bits per heavy atom. The van der Waals surface area contributed by atoms with Gasteiger partial charge in [-0.3, -0.25) is 14.6 Å². The van der Waals surface area contributed by atoms with E-state index in [0.717, 1.165) is 42.2 Å². The molecule has 144 valence electrons. The van der Waals surface area contributed by atoms with Crippen molar-refractivity contribution in [2.24, 2.45) is 5.73 Å².